The standard InChI is InChI=1S/C2HClF6O3S2/c3-14(6,7,8,9)1-2(4,5)12-13(1,10)11/h1H. The van der Waals surface area contributed by atoms with Gasteiger partial charge in [-0.25, -0.2) is 0 Å². The summed E-state index contributed by atoms with van der Waals surface area (Å²) in [5, 5.41) is 0. The molecule has 0 aromatic carbocycles. The van der Waals surface area contributed by atoms with Crippen molar-refractivity contribution in [3.63, 3.8) is 0 Å². The second kappa shape index (κ2) is 1.99. The SMILES string of the molecule is O=S1(=O)OC(F)(F)C1S(F)(F)(F)(F)Cl. The molecule has 1 atom stereocenters. The monoisotopic (exact) mass is 286 g/mol. The van der Waals surface area contributed by atoms with Crippen molar-refractivity contribution in [1.29, 1.82) is 0 Å². The van der Waals surface area contributed by atoms with Gasteiger partial charge in [-0.05, 0) is 0 Å². The van der Waals surface area contributed by atoms with Gasteiger partial charge in [-0.3, -0.25) is 0 Å². The third-order valence-corrected chi connectivity index (χ3v) is 6.23. The number of halogens is 7. The number of rotatable bonds is 1. The fraction of sp³-hybridized carbons (Fsp3) is 1.00. The second-order valence-electron chi connectivity index (χ2n) is 2.50. The molecule has 0 aliphatic carbocycles. The van der Waals surface area contributed by atoms with Crippen LogP contribution in [0.4, 0.5) is 24.3 Å². The predicted octanol–water partition coefficient (Wildman–Crippen LogP) is 2.83. The highest BCUT2D eigenvalue weighted by molar-refractivity contribution is 8.68. The van der Waals surface area contributed by atoms with Gasteiger partial charge < -0.3 is 0 Å². The molecule has 0 aromatic heterocycles. The summed E-state index contributed by atoms with van der Waals surface area (Å²) >= 11 is 0. The first kappa shape index (κ1) is 12.2. The summed E-state index contributed by atoms with van der Waals surface area (Å²) in [6, 6.07) is 0. The Labute approximate surface area is 78.0 Å². The zero-order chi connectivity index (χ0) is 11.7. The van der Waals surface area contributed by atoms with E-state index in [2.05, 4.69) is 14.9 Å². The van der Waals surface area contributed by atoms with Gasteiger partial charge in [-0.1, -0.05) is 0 Å². The minimum atomic E-state index is -9.84. The summed E-state index contributed by atoms with van der Waals surface area (Å²) in [7, 11) is -12.1. The molecule has 0 bridgehead atoms. The highest BCUT2D eigenvalue weighted by Crippen LogP contribution is 3.05. The Bertz CT molecular complexity index is 380. The van der Waals surface area contributed by atoms with Crippen LogP contribution < -0.4 is 0 Å². The van der Waals surface area contributed by atoms with Gasteiger partial charge in [0, 0.05) is 10.7 Å². The lowest BCUT2D eigenvalue weighted by Gasteiger charge is -2.52. The van der Waals surface area contributed by atoms with Crippen LogP contribution in [-0.2, 0) is 14.3 Å². The molecular weight excluding hydrogens is 286 g/mol. The van der Waals surface area contributed by atoms with Crippen LogP contribution in [0.1, 0.15) is 0 Å². The van der Waals surface area contributed by atoms with Gasteiger partial charge in [0.1, 0.15) is 0 Å². The van der Waals surface area contributed by atoms with Crippen molar-refractivity contribution in [3.05, 3.63) is 0 Å². The van der Waals surface area contributed by atoms with E-state index in [1.54, 1.807) is 0 Å². The van der Waals surface area contributed by atoms with Crippen molar-refractivity contribution >= 4 is 29.9 Å². The van der Waals surface area contributed by atoms with Crippen LogP contribution in [-0.4, -0.2) is 19.1 Å². The topological polar surface area (TPSA) is 43.4 Å². The second-order valence-corrected chi connectivity index (χ2v) is 8.88. The lowest BCUT2D eigenvalue weighted by Crippen LogP contribution is -2.60. The summed E-state index contributed by atoms with van der Waals surface area (Å²) in [5.74, 6) is 0. The highest BCUT2D eigenvalue weighted by atomic mass is 35.7. The van der Waals surface area contributed by atoms with E-state index in [0.29, 0.717) is 0 Å². The van der Waals surface area contributed by atoms with Gasteiger partial charge >= 0.3 is 20.8 Å². The fourth-order valence-corrected chi connectivity index (χ4v) is 5.22. The first-order chi connectivity index (χ1) is 5.56. The number of hydrogen-bond acceptors (Lipinski definition) is 3. The number of alkyl halides is 2. The van der Waals surface area contributed by atoms with Crippen molar-refractivity contribution < 1.29 is 36.9 Å². The molecule has 1 rings (SSSR count). The van der Waals surface area contributed by atoms with Crippen LogP contribution in [0.3, 0.4) is 0 Å². The maximum Gasteiger partial charge on any atom is 0.405 e. The van der Waals surface area contributed by atoms with Crippen LogP contribution in [0.5, 0.6) is 0 Å². The average Bonchev–Trinajstić information content (AvgIpc) is 1.42. The van der Waals surface area contributed by atoms with Crippen molar-refractivity contribution in [2.75, 3.05) is 0 Å². The Hall–Kier alpha value is 0.130. The average molecular weight is 287 g/mol. The Morgan fingerprint density at radius 2 is 1.57 bits per heavy atom. The molecule has 1 aliphatic heterocycles. The normalized spacial score (nSPS) is 35.2. The number of hydrogen-bond donors (Lipinski definition) is 0. The van der Waals surface area contributed by atoms with E-state index in [4.69, 9.17) is 0 Å². The molecule has 0 N–H and O–H groups in total. The molecule has 0 aromatic rings. The van der Waals surface area contributed by atoms with E-state index in [9.17, 15) is 32.7 Å². The van der Waals surface area contributed by atoms with Crippen molar-refractivity contribution in [1.82, 2.24) is 0 Å². The first-order valence-corrected chi connectivity index (χ1v) is 7.03. The Morgan fingerprint density at radius 3 is 1.64 bits per heavy atom. The van der Waals surface area contributed by atoms with E-state index >= 15 is 0 Å². The molecule has 1 aliphatic rings. The van der Waals surface area contributed by atoms with Crippen molar-refractivity contribution in [3.8, 4) is 0 Å². The minimum absolute atomic E-state index is 2.61. The van der Waals surface area contributed by atoms with Crippen LogP contribution in [0.25, 0.3) is 0 Å². The molecule has 14 heavy (non-hydrogen) atoms. The van der Waals surface area contributed by atoms with Gasteiger partial charge in [0.2, 0.25) is 0 Å². The van der Waals surface area contributed by atoms with Crippen LogP contribution in [0.2, 0.25) is 0 Å². The Kier molecular flexibility index (Phi) is 1.74. The lowest BCUT2D eigenvalue weighted by atomic mass is 10.7. The van der Waals surface area contributed by atoms with Gasteiger partial charge in [0.05, 0.1) is 0 Å². The summed E-state index contributed by atoms with van der Waals surface area (Å²) in [6.07, 6.45) is -5.19. The predicted molar refractivity (Wildman–Crippen MR) is 36.6 cm³/mol. The van der Waals surface area contributed by atoms with E-state index in [1.165, 1.54) is 0 Å². The smallest absolute Gasteiger partial charge is 0.197 e. The van der Waals surface area contributed by atoms with Gasteiger partial charge in [0.15, 0.2) is 0 Å². The van der Waals surface area contributed by atoms with E-state index in [-0.39, 0.29) is 0 Å². The molecule has 0 radical (unpaired) electrons. The van der Waals surface area contributed by atoms with Crippen LogP contribution in [0, 0.1) is 0 Å². The molecule has 0 spiro atoms. The Balaban J connectivity index is 3.39. The molecule has 3 nitrogen and oxygen atoms in total. The molecule has 12 heteroatoms. The van der Waals surface area contributed by atoms with Gasteiger partial charge in [-0.15, -0.1) is 15.5 Å². The zero-order valence-corrected chi connectivity index (χ0v) is 8.15. The largest absolute Gasteiger partial charge is 0.405 e. The maximum absolute atomic E-state index is 12.1. The van der Waals surface area contributed by atoms with Crippen LogP contribution >= 0.6 is 19.7 Å². The summed E-state index contributed by atoms with van der Waals surface area (Å²) in [5.41, 5.74) is 0. The molecule has 1 heterocycles. The molecular formula is C2HClF6O3S2. The van der Waals surface area contributed by atoms with E-state index in [1.807, 2.05) is 0 Å². The molecule has 88 valence electrons. The molecule has 1 fully saturated rings. The lowest BCUT2D eigenvalue weighted by molar-refractivity contribution is -0.194. The molecule has 1 saturated heterocycles. The molecule has 1 unspecified atom stereocenters. The van der Waals surface area contributed by atoms with Crippen molar-refractivity contribution in [2.45, 2.75) is 10.7 Å². The third kappa shape index (κ3) is 1.90. The fourth-order valence-electron chi connectivity index (χ4n) is 0.845. The first-order valence-electron chi connectivity index (χ1n) is 2.61. The zero-order valence-electron chi connectivity index (χ0n) is 5.76. The summed E-state index contributed by atoms with van der Waals surface area (Å²) < 4.78 is 91.1. The summed E-state index contributed by atoms with van der Waals surface area (Å²) in [6.45, 7) is 0. The highest BCUT2D eigenvalue weighted by Gasteiger charge is 2.88. The van der Waals surface area contributed by atoms with Gasteiger partial charge in [0.25, 0.3) is 9.05 Å². The quantitative estimate of drug-likeness (QED) is 0.550. The summed E-state index contributed by atoms with van der Waals surface area (Å²) in [4.78, 5) is 0. The minimum Gasteiger partial charge on any atom is -0.197 e. The van der Waals surface area contributed by atoms with Gasteiger partial charge in [-0.2, -0.15) is 21.4 Å². The van der Waals surface area contributed by atoms with Crippen LogP contribution in [0.15, 0.2) is 0 Å². The Morgan fingerprint density at radius 1 is 1.21 bits per heavy atom. The van der Waals surface area contributed by atoms with Crippen molar-refractivity contribution in [2.24, 2.45) is 0 Å². The molecule has 0 amide bonds. The maximum atomic E-state index is 12.1. The third-order valence-electron chi connectivity index (χ3n) is 1.17. The molecule has 0 saturated carbocycles. The van der Waals surface area contributed by atoms with E-state index < -0.39 is 29.9 Å². The van der Waals surface area contributed by atoms with E-state index in [0.717, 1.165) is 0 Å².